The van der Waals surface area contributed by atoms with Crippen molar-refractivity contribution >= 4 is 29.1 Å². The van der Waals surface area contributed by atoms with Gasteiger partial charge in [-0.2, -0.15) is 0 Å². The second kappa shape index (κ2) is 8.51. The second-order valence-electron chi connectivity index (χ2n) is 5.73. The molecule has 0 spiro atoms. The standard InChI is InChI=1S/C17H21Cl2N3O2/c1-4-20-17(23)15-10-24-16(21-15)9-22(11(2)3)8-12-5-6-13(18)14(19)7-12/h5-7,10-11H,4,8-9H2,1-3H3,(H,20,23). The summed E-state index contributed by atoms with van der Waals surface area (Å²) < 4.78 is 5.43. The summed E-state index contributed by atoms with van der Waals surface area (Å²) in [5.74, 6) is 0.276. The number of rotatable bonds is 7. The van der Waals surface area contributed by atoms with Crippen LogP contribution in [-0.4, -0.2) is 28.4 Å². The van der Waals surface area contributed by atoms with Gasteiger partial charge in [0.05, 0.1) is 16.6 Å². The zero-order valence-corrected chi connectivity index (χ0v) is 15.5. The van der Waals surface area contributed by atoms with Crippen LogP contribution in [0.1, 0.15) is 42.7 Å². The van der Waals surface area contributed by atoms with E-state index in [9.17, 15) is 4.79 Å². The number of halogens is 2. The highest BCUT2D eigenvalue weighted by atomic mass is 35.5. The quantitative estimate of drug-likeness (QED) is 0.796. The van der Waals surface area contributed by atoms with Crippen LogP contribution in [0.5, 0.6) is 0 Å². The van der Waals surface area contributed by atoms with Gasteiger partial charge in [0.15, 0.2) is 5.69 Å². The first-order valence-corrected chi connectivity index (χ1v) is 8.56. The molecule has 5 nitrogen and oxygen atoms in total. The maximum Gasteiger partial charge on any atom is 0.273 e. The van der Waals surface area contributed by atoms with Crippen LogP contribution in [0.4, 0.5) is 0 Å². The van der Waals surface area contributed by atoms with Crippen molar-refractivity contribution in [1.82, 2.24) is 15.2 Å². The Labute approximate surface area is 151 Å². The third kappa shape index (κ3) is 4.97. The van der Waals surface area contributed by atoms with Crippen LogP contribution in [0.15, 0.2) is 28.9 Å². The molecule has 7 heteroatoms. The molecule has 0 bridgehead atoms. The van der Waals surface area contributed by atoms with Gasteiger partial charge in [0, 0.05) is 19.1 Å². The highest BCUT2D eigenvalue weighted by molar-refractivity contribution is 6.42. The molecule has 2 aromatic rings. The fraction of sp³-hybridized carbons (Fsp3) is 0.412. The predicted octanol–water partition coefficient (Wildman–Crippen LogP) is 4.14. The maximum absolute atomic E-state index is 11.8. The molecule has 0 atom stereocenters. The van der Waals surface area contributed by atoms with E-state index in [0.717, 1.165) is 5.56 Å². The predicted molar refractivity (Wildman–Crippen MR) is 95.4 cm³/mol. The van der Waals surface area contributed by atoms with E-state index in [1.54, 1.807) is 6.07 Å². The number of hydrogen-bond donors (Lipinski definition) is 1. The minimum Gasteiger partial charge on any atom is -0.447 e. The molecule has 1 heterocycles. The number of amides is 1. The van der Waals surface area contributed by atoms with Crippen molar-refractivity contribution < 1.29 is 9.21 Å². The number of benzene rings is 1. The van der Waals surface area contributed by atoms with E-state index in [4.69, 9.17) is 27.6 Å². The largest absolute Gasteiger partial charge is 0.447 e. The lowest BCUT2D eigenvalue weighted by Crippen LogP contribution is -2.30. The summed E-state index contributed by atoms with van der Waals surface area (Å²) in [6.07, 6.45) is 1.39. The number of nitrogens with zero attached hydrogens (tertiary/aromatic N) is 2. The van der Waals surface area contributed by atoms with E-state index in [0.29, 0.717) is 41.3 Å². The Morgan fingerprint density at radius 1 is 1.29 bits per heavy atom. The van der Waals surface area contributed by atoms with E-state index in [-0.39, 0.29) is 11.9 Å². The fourth-order valence-corrected chi connectivity index (χ4v) is 2.53. The van der Waals surface area contributed by atoms with Crippen molar-refractivity contribution in [2.24, 2.45) is 0 Å². The van der Waals surface area contributed by atoms with Gasteiger partial charge in [0.1, 0.15) is 6.26 Å². The van der Waals surface area contributed by atoms with Gasteiger partial charge in [-0.25, -0.2) is 4.98 Å². The Bertz CT molecular complexity index is 701. The third-order valence-electron chi connectivity index (χ3n) is 3.56. The average molecular weight is 370 g/mol. The van der Waals surface area contributed by atoms with Gasteiger partial charge in [-0.15, -0.1) is 0 Å². The summed E-state index contributed by atoms with van der Waals surface area (Å²) in [4.78, 5) is 18.2. The second-order valence-corrected chi connectivity index (χ2v) is 6.55. The van der Waals surface area contributed by atoms with E-state index < -0.39 is 0 Å². The SMILES string of the molecule is CCNC(=O)c1coc(CN(Cc2ccc(Cl)c(Cl)c2)C(C)C)n1. The van der Waals surface area contributed by atoms with Crippen molar-refractivity contribution in [2.75, 3.05) is 6.54 Å². The van der Waals surface area contributed by atoms with Crippen LogP contribution < -0.4 is 5.32 Å². The normalized spacial score (nSPS) is 11.3. The topological polar surface area (TPSA) is 58.4 Å². The van der Waals surface area contributed by atoms with Crippen molar-refractivity contribution in [3.63, 3.8) is 0 Å². The zero-order chi connectivity index (χ0) is 17.7. The van der Waals surface area contributed by atoms with Crippen molar-refractivity contribution in [3.05, 3.63) is 51.7 Å². The monoisotopic (exact) mass is 369 g/mol. The molecule has 1 aromatic carbocycles. The Morgan fingerprint density at radius 3 is 2.67 bits per heavy atom. The van der Waals surface area contributed by atoms with Gasteiger partial charge in [-0.1, -0.05) is 29.3 Å². The van der Waals surface area contributed by atoms with Crippen LogP contribution in [-0.2, 0) is 13.1 Å². The number of oxazole rings is 1. The van der Waals surface area contributed by atoms with Gasteiger partial charge < -0.3 is 9.73 Å². The lowest BCUT2D eigenvalue weighted by Gasteiger charge is -2.25. The van der Waals surface area contributed by atoms with Crippen LogP contribution >= 0.6 is 23.2 Å². The number of carbonyl (C=O) groups excluding carboxylic acids is 1. The first-order valence-electron chi connectivity index (χ1n) is 7.81. The number of nitrogens with one attached hydrogen (secondary N) is 1. The summed E-state index contributed by atoms with van der Waals surface area (Å²) in [7, 11) is 0. The van der Waals surface area contributed by atoms with Crippen LogP contribution in [0, 0.1) is 0 Å². The van der Waals surface area contributed by atoms with Crippen LogP contribution in [0.2, 0.25) is 10.0 Å². The molecule has 2 rings (SSSR count). The Balaban J connectivity index is 2.08. The van der Waals surface area contributed by atoms with E-state index in [1.807, 2.05) is 19.1 Å². The molecule has 1 aromatic heterocycles. The minimum absolute atomic E-state index is 0.229. The summed E-state index contributed by atoms with van der Waals surface area (Å²) in [6, 6.07) is 5.85. The summed E-state index contributed by atoms with van der Waals surface area (Å²) in [5.41, 5.74) is 1.35. The maximum atomic E-state index is 11.8. The molecule has 24 heavy (non-hydrogen) atoms. The molecule has 0 saturated carbocycles. The van der Waals surface area contributed by atoms with Gasteiger partial charge in [0.25, 0.3) is 5.91 Å². The molecule has 0 aliphatic rings. The molecule has 0 radical (unpaired) electrons. The van der Waals surface area contributed by atoms with E-state index in [1.165, 1.54) is 6.26 Å². The fourth-order valence-electron chi connectivity index (χ4n) is 2.21. The van der Waals surface area contributed by atoms with Crippen LogP contribution in [0.25, 0.3) is 0 Å². The molecule has 1 N–H and O–H groups in total. The smallest absolute Gasteiger partial charge is 0.273 e. The molecular formula is C17H21Cl2N3O2. The molecule has 0 unspecified atom stereocenters. The van der Waals surface area contributed by atoms with Crippen LogP contribution in [0.3, 0.4) is 0 Å². The molecule has 1 amide bonds. The minimum atomic E-state index is -0.229. The average Bonchev–Trinajstić information content (AvgIpc) is 2.99. The zero-order valence-electron chi connectivity index (χ0n) is 14.0. The number of aromatic nitrogens is 1. The lowest BCUT2D eigenvalue weighted by molar-refractivity contribution is 0.0950. The Morgan fingerprint density at radius 2 is 2.04 bits per heavy atom. The van der Waals surface area contributed by atoms with E-state index >= 15 is 0 Å². The Hall–Kier alpha value is -1.56. The third-order valence-corrected chi connectivity index (χ3v) is 4.30. The Kier molecular flexibility index (Phi) is 6.66. The van der Waals surface area contributed by atoms with E-state index in [2.05, 4.69) is 29.0 Å². The molecule has 0 aliphatic carbocycles. The van der Waals surface area contributed by atoms with Gasteiger partial charge in [0.2, 0.25) is 5.89 Å². The van der Waals surface area contributed by atoms with Gasteiger partial charge in [-0.05, 0) is 38.5 Å². The highest BCUT2D eigenvalue weighted by Gasteiger charge is 2.17. The molecule has 130 valence electrons. The molecule has 0 aliphatic heterocycles. The first kappa shape index (κ1) is 18.8. The lowest BCUT2D eigenvalue weighted by atomic mass is 10.2. The van der Waals surface area contributed by atoms with Crippen molar-refractivity contribution in [3.8, 4) is 0 Å². The summed E-state index contributed by atoms with van der Waals surface area (Å²) in [6.45, 7) is 7.76. The highest BCUT2D eigenvalue weighted by Crippen LogP contribution is 2.24. The summed E-state index contributed by atoms with van der Waals surface area (Å²) >= 11 is 12.0. The number of carbonyl (C=O) groups is 1. The number of hydrogen-bond acceptors (Lipinski definition) is 4. The van der Waals surface area contributed by atoms with Gasteiger partial charge in [-0.3, -0.25) is 9.69 Å². The first-order chi connectivity index (χ1) is 11.4. The molecular weight excluding hydrogens is 349 g/mol. The summed E-state index contributed by atoms with van der Waals surface area (Å²) in [5, 5.41) is 3.77. The van der Waals surface area contributed by atoms with Gasteiger partial charge >= 0.3 is 0 Å². The molecule has 0 saturated heterocycles. The van der Waals surface area contributed by atoms with Crippen molar-refractivity contribution in [2.45, 2.75) is 39.9 Å². The molecule has 0 fully saturated rings. The van der Waals surface area contributed by atoms with Crippen molar-refractivity contribution in [1.29, 1.82) is 0 Å².